The van der Waals surface area contributed by atoms with Crippen molar-refractivity contribution in [1.82, 2.24) is 10.3 Å². The number of fused-ring (bicyclic) bond motifs is 1. The largest absolute Gasteiger partial charge is 0.478 e. The molecule has 2 aliphatic heterocycles. The van der Waals surface area contributed by atoms with Crippen LogP contribution in [0.4, 0.5) is 5.82 Å². The molecule has 2 aromatic rings. The van der Waals surface area contributed by atoms with Crippen LogP contribution < -0.4 is 10.2 Å². The Hall–Kier alpha value is -2.63. The number of aromatic carboxylic acids is 1. The number of nitrogens with one attached hydrogen (secondary N) is 1. The number of aromatic nitrogens is 1. The molecule has 4 rings (SSSR count). The van der Waals surface area contributed by atoms with Crippen LogP contribution >= 0.6 is 0 Å². The summed E-state index contributed by atoms with van der Waals surface area (Å²) < 4.78 is 0. The molecule has 1 aromatic heterocycles. The summed E-state index contributed by atoms with van der Waals surface area (Å²) in [5, 5.41) is 13.1. The van der Waals surface area contributed by atoms with Crippen molar-refractivity contribution in [3.8, 4) is 0 Å². The predicted molar refractivity (Wildman–Crippen MR) is 90.2 cm³/mol. The summed E-state index contributed by atoms with van der Waals surface area (Å²) >= 11 is 0. The van der Waals surface area contributed by atoms with Crippen LogP contribution in [-0.2, 0) is 4.79 Å². The van der Waals surface area contributed by atoms with E-state index in [1.165, 1.54) is 0 Å². The molecule has 0 radical (unpaired) electrons. The lowest BCUT2D eigenvalue weighted by molar-refractivity contribution is -0.119. The Kier molecular flexibility index (Phi) is 3.40. The van der Waals surface area contributed by atoms with Crippen molar-refractivity contribution >= 4 is 28.6 Å². The zero-order chi connectivity index (χ0) is 16.7. The Morgan fingerprint density at radius 1 is 1.25 bits per heavy atom. The van der Waals surface area contributed by atoms with Gasteiger partial charge in [-0.05, 0) is 30.4 Å². The number of rotatable bonds is 2. The summed E-state index contributed by atoms with van der Waals surface area (Å²) in [6.07, 6.45) is 2.44. The normalized spacial score (nSPS) is 19.7. The van der Waals surface area contributed by atoms with Crippen molar-refractivity contribution in [3.63, 3.8) is 0 Å². The van der Waals surface area contributed by atoms with Crippen LogP contribution in [0.3, 0.4) is 0 Å². The number of carbonyl (C=O) groups is 2. The highest BCUT2D eigenvalue weighted by Gasteiger charge is 2.41. The maximum atomic E-state index is 11.6. The number of piperidine rings is 1. The second kappa shape index (κ2) is 5.47. The smallest absolute Gasteiger partial charge is 0.336 e. The van der Waals surface area contributed by atoms with Gasteiger partial charge in [0.25, 0.3) is 0 Å². The lowest BCUT2D eigenvalue weighted by Gasteiger charge is -2.38. The van der Waals surface area contributed by atoms with Gasteiger partial charge in [-0.15, -0.1) is 0 Å². The van der Waals surface area contributed by atoms with E-state index in [0.29, 0.717) is 23.1 Å². The van der Waals surface area contributed by atoms with Crippen LogP contribution in [-0.4, -0.2) is 41.6 Å². The third kappa shape index (κ3) is 2.48. The van der Waals surface area contributed by atoms with E-state index >= 15 is 0 Å². The highest BCUT2D eigenvalue weighted by Crippen LogP contribution is 2.38. The number of amides is 1. The van der Waals surface area contributed by atoms with Gasteiger partial charge >= 0.3 is 5.97 Å². The number of carboxylic acids is 1. The summed E-state index contributed by atoms with van der Waals surface area (Å²) in [5.41, 5.74) is 1.05. The van der Waals surface area contributed by atoms with Gasteiger partial charge in [0, 0.05) is 31.4 Å². The molecule has 2 aliphatic rings. The van der Waals surface area contributed by atoms with E-state index in [1.807, 2.05) is 18.2 Å². The average molecular weight is 325 g/mol. The average Bonchev–Trinajstić information content (AvgIpc) is 2.95. The number of nitrogens with zero attached hydrogens (tertiary/aromatic N) is 2. The molecule has 0 aliphatic carbocycles. The number of carbonyl (C=O) groups excluding carboxylic acids is 1. The number of benzene rings is 1. The SMILES string of the molecule is O=C1CC2(CCN(c3cc(C(=O)O)c4ccccc4n3)CC2)CN1. The predicted octanol–water partition coefficient (Wildman–Crippen LogP) is 2.04. The van der Waals surface area contributed by atoms with Gasteiger partial charge < -0.3 is 15.3 Å². The number of pyridine rings is 1. The van der Waals surface area contributed by atoms with Gasteiger partial charge in [0.2, 0.25) is 5.91 Å². The first-order valence-electron chi connectivity index (χ1n) is 8.21. The molecule has 1 aromatic carbocycles. The molecule has 6 nitrogen and oxygen atoms in total. The van der Waals surface area contributed by atoms with Gasteiger partial charge in [-0.2, -0.15) is 0 Å². The Balaban J connectivity index is 1.63. The molecule has 2 fully saturated rings. The van der Waals surface area contributed by atoms with E-state index in [9.17, 15) is 14.7 Å². The standard InChI is InChI=1S/C18H19N3O3/c22-16-10-18(11-19-16)5-7-21(8-6-18)15-9-13(17(23)24)12-3-1-2-4-14(12)20-15/h1-4,9H,5-8,10-11H2,(H,19,22)(H,23,24). The topological polar surface area (TPSA) is 82.5 Å². The third-order valence-corrected chi connectivity index (χ3v) is 5.28. The van der Waals surface area contributed by atoms with Crippen LogP contribution in [0.2, 0.25) is 0 Å². The maximum absolute atomic E-state index is 11.6. The minimum absolute atomic E-state index is 0.0695. The van der Waals surface area contributed by atoms with Crippen LogP contribution in [0.15, 0.2) is 30.3 Å². The zero-order valence-electron chi connectivity index (χ0n) is 13.3. The van der Waals surface area contributed by atoms with Crippen LogP contribution in [0.25, 0.3) is 10.9 Å². The first-order valence-corrected chi connectivity index (χ1v) is 8.21. The first kappa shape index (κ1) is 14.9. The summed E-state index contributed by atoms with van der Waals surface area (Å²) in [4.78, 5) is 29.9. The molecule has 0 unspecified atom stereocenters. The van der Waals surface area contributed by atoms with Crippen molar-refractivity contribution < 1.29 is 14.7 Å². The Labute approximate surface area is 139 Å². The number of hydrogen-bond donors (Lipinski definition) is 2. The molecule has 2 N–H and O–H groups in total. The molecular formula is C18H19N3O3. The molecule has 2 saturated heterocycles. The molecule has 0 atom stereocenters. The van der Waals surface area contributed by atoms with Crippen molar-refractivity contribution in [2.45, 2.75) is 19.3 Å². The van der Waals surface area contributed by atoms with Gasteiger partial charge in [0.05, 0.1) is 11.1 Å². The summed E-state index contributed by atoms with van der Waals surface area (Å²) in [6.45, 7) is 2.34. The summed E-state index contributed by atoms with van der Waals surface area (Å²) in [7, 11) is 0. The molecular weight excluding hydrogens is 306 g/mol. The second-order valence-electron chi connectivity index (χ2n) is 6.79. The fourth-order valence-corrected chi connectivity index (χ4v) is 3.82. The van der Waals surface area contributed by atoms with E-state index in [2.05, 4.69) is 15.2 Å². The number of carboxylic acid groups (broad SMARTS) is 1. The van der Waals surface area contributed by atoms with Crippen LogP contribution in [0.1, 0.15) is 29.6 Å². The van der Waals surface area contributed by atoms with Gasteiger partial charge in [-0.3, -0.25) is 4.79 Å². The van der Waals surface area contributed by atoms with Crippen LogP contribution in [0.5, 0.6) is 0 Å². The Morgan fingerprint density at radius 3 is 2.67 bits per heavy atom. The molecule has 0 saturated carbocycles. The van der Waals surface area contributed by atoms with E-state index in [4.69, 9.17) is 0 Å². The van der Waals surface area contributed by atoms with Crippen molar-refractivity contribution in [3.05, 3.63) is 35.9 Å². The second-order valence-corrected chi connectivity index (χ2v) is 6.79. The van der Waals surface area contributed by atoms with E-state index < -0.39 is 5.97 Å². The quantitative estimate of drug-likeness (QED) is 0.883. The van der Waals surface area contributed by atoms with Gasteiger partial charge in [-0.1, -0.05) is 18.2 Å². The van der Waals surface area contributed by atoms with Crippen molar-refractivity contribution in [2.75, 3.05) is 24.5 Å². The molecule has 1 amide bonds. The van der Waals surface area contributed by atoms with Crippen molar-refractivity contribution in [1.29, 1.82) is 0 Å². The molecule has 0 bridgehead atoms. The highest BCUT2D eigenvalue weighted by atomic mass is 16.4. The lowest BCUT2D eigenvalue weighted by atomic mass is 9.77. The minimum atomic E-state index is -0.936. The van der Waals surface area contributed by atoms with E-state index in [0.717, 1.165) is 32.5 Å². The fraction of sp³-hybridized carbons (Fsp3) is 0.389. The van der Waals surface area contributed by atoms with Crippen LogP contribution in [0, 0.1) is 5.41 Å². The lowest BCUT2D eigenvalue weighted by Crippen LogP contribution is -2.41. The summed E-state index contributed by atoms with van der Waals surface area (Å²) in [6, 6.07) is 8.99. The third-order valence-electron chi connectivity index (χ3n) is 5.28. The number of para-hydroxylation sites is 1. The Bertz CT molecular complexity index is 825. The number of hydrogen-bond acceptors (Lipinski definition) is 4. The first-order chi connectivity index (χ1) is 11.6. The van der Waals surface area contributed by atoms with Crippen molar-refractivity contribution in [2.24, 2.45) is 5.41 Å². The molecule has 3 heterocycles. The van der Waals surface area contributed by atoms with Gasteiger partial charge in [0.1, 0.15) is 5.82 Å². The van der Waals surface area contributed by atoms with Gasteiger partial charge in [0.15, 0.2) is 0 Å². The highest BCUT2D eigenvalue weighted by molar-refractivity contribution is 6.03. The Morgan fingerprint density at radius 2 is 2.00 bits per heavy atom. The zero-order valence-corrected chi connectivity index (χ0v) is 13.3. The molecule has 6 heteroatoms. The fourth-order valence-electron chi connectivity index (χ4n) is 3.82. The molecule has 1 spiro atoms. The molecule has 24 heavy (non-hydrogen) atoms. The molecule has 124 valence electrons. The minimum Gasteiger partial charge on any atom is -0.478 e. The van der Waals surface area contributed by atoms with E-state index in [1.54, 1.807) is 12.1 Å². The van der Waals surface area contributed by atoms with E-state index in [-0.39, 0.29) is 16.9 Å². The monoisotopic (exact) mass is 325 g/mol. The number of anilines is 1. The summed E-state index contributed by atoms with van der Waals surface area (Å²) in [5.74, 6) is -0.0902. The maximum Gasteiger partial charge on any atom is 0.336 e. The van der Waals surface area contributed by atoms with Gasteiger partial charge in [-0.25, -0.2) is 9.78 Å².